The van der Waals surface area contributed by atoms with Gasteiger partial charge < -0.3 is 14.6 Å². The van der Waals surface area contributed by atoms with Gasteiger partial charge in [0.05, 0.1) is 18.7 Å². The van der Waals surface area contributed by atoms with E-state index in [9.17, 15) is 9.90 Å². The van der Waals surface area contributed by atoms with Gasteiger partial charge in [0, 0.05) is 18.0 Å². The lowest BCUT2D eigenvalue weighted by atomic mass is 10.1. The second-order valence-electron chi connectivity index (χ2n) is 4.43. The van der Waals surface area contributed by atoms with Gasteiger partial charge in [-0.05, 0) is 12.1 Å². The summed E-state index contributed by atoms with van der Waals surface area (Å²) in [6.07, 6.45) is 2.02. The number of carboxylic acids is 1. The van der Waals surface area contributed by atoms with E-state index in [2.05, 4.69) is 4.98 Å². The van der Waals surface area contributed by atoms with Crippen LogP contribution in [0.4, 0.5) is 0 Å². The summed E-state index contributed by atoms with van der Waals surface area (Å²) in [6.45, 7) is 1.14. The van der Waals surface area contributed by atoms with Crippen LogP contribution in [-0.4, -0.2) is 35.4 Å². The molecule has 98 valence electrons. The molecule has 5 heteroatoms. The zero-order chi connectivity index (χ0) is 13.2. The number of aromatic carboxylic acids is 1. The summed E-state index contributed by atoms with van der Waals surface area (Å²) in [6, 6.07) is 7.35. The summed E-state index contributed by atoms with van der Waals surface area (Å²) in [4.78, 5) is 15.4. The Bertz CT molecular complexity index is 620. The van der Waals surface area contributed by atoms with E-state index in [-0.39, 0.29) is 11.7 Å². The Hall–Kier alpha value is -2.14. The fourth-order valence-corrected chi connectivity index (χ4v) is 2.17. The minimum Gasteiger partial charge on any atom is -0.486 e. The molecule has 1 aromatic carbocycles. The van der Waals surface area contributed by atoms with Gasteiger partial charge in [-0.25, -0.2) is 4.79 Å². The maximum atomic E-state index is 11.3. The molecule has 0 radical (unpaired) electrons. The maximum absolute atomic E-state index is 11.3. The maximum Gasteiger partial charge on any atom is 0.341 e. The number of aromatic nitrogens is 1. The van der Waals surface area contributed by atoms with Crippen molar-refractivity contribution in [2.45, 2.75) is 12.5 Å². The third kappa shape index (κ3) is 2.24. The van der Waals surface area contributed by atoms with E-state index in [1.807, 2.05) is 24.3 Å². The van der Waals surface area contributed by atoms with Crippen molar-refractivity contribution in [1.82, 2.24) is 4.98 Å². The molecule has 1 unspecified atom stereocenters. The average molecular weight is 259 g/mol. The number of hydrogen-bond acceptors (Lipinski definition) is 4. The van der Waals surface area contributed by atoms with Crippen molar-refractivity contribution in [1.29, 1.82) is 0 Å². The number of benzene rings is 1. The van der Waals surface area contributed by atoms with Crippen LogP contribution in [0.2, 0.25) is 0 Å². The SMILES string of the molecule is O=C(O)c1cnc2ccccc2c1OC1CCOC1. The van der Waals surface area contributed by atoms with Crippen LogP contribution < -0.4 is 4.74 Å². The molecule has 5 nitrogen and oxygen atoms in total. The number of nitrogens with zero attached hydrogens (tertiary/aromatic N) is 1. The van der Waals surface area contributed by atoms with Crippen molar-refractivity contribution >= 4 is 16.9 Å². The number of fused-ring (bicyclic) bond motifs is 1. The molecule has 1 aromatic heterocycles. The molecule has 2 aromatic rings. The van der Waals surface area contributed by atoms with Gasteiger partial charge in [0.1, 0.15) is 17.4 Å². The average Bonchev–Trinajstić information content (AvgIpc) is 2.92. The Morgan fingerprint density at radius 2 is 2.26 bits per heavy atom. The van der Waals surface area contributed by atoms with Gasteiger partial charge in [-0.1, -0.05) is 12.1 Å². The molecule has 1 atom stereocenters. The predicted molar refractivity (Wildman–Crippen MR) is 68.6 cm³/mol. The van der Waals surface area contributed by atoms with Crippen LogP contribution in [0.15, 0.2) is 30.5 Å². The molecule has 3 rings (SSSR count). The van der Waals surface area contributed by atoms with Crippen LogP contribution in [0.5, 0.6) is 5.75 Å². The van der Waals surface area contributed by atoms with Crippen LogP contribution in [0.3, 0.4) is 0 Å². The number of ether oxygens (including phenoxy) is 2. The van der Waals surface area contributed by atoms with Crippen LogP contribution in [0, 0.1) is 0 Å². The van der Waals surface area contributed by atoms with Crippen molar-refractivity contribution < 1.29 is 19.4 Å². The monoisotopic (exact) mass is 259 g/mol. The summed E-state index contributed by atoms with van der Waals surface area (Å²) in [5.41, 5.74) is 0.812. The van der Waals surface area contributed by atoms with Crippen molar-refractivity contribution in [2.75, 3.05) is 13.2 Å². The third-order valence-electron chi connectivity index (χ3n) is 3.13. The quantitative estimate of drug-likeness (QED) is 0.914. The second kappa shape index (κ2) is 4.85. The number of hydrogen-bond donors (Lipinski definition) is 1. The van der Waals surface area contributed by atoms with Gasteiger partial charge in [0.2, 0.25) is 0 Å². The highest BCUT2D eigenvalue weighted by Gasteiger charge is 2.22. The molecule has 0 amide bonds. The predicted octanol–water partition coefficient (Wildman–Crippen LogP) is 2.10. The molecule has 0 bridgehead atoms. The standard InChI is InChI=1S/C14H13NO4/c16-14(17)11-7-15-12-4-2-1-3-10(12)13(11)19-9-5-6-18-8-9/h1-4,7,9H,5-6,8H2,(H,16,17). The summed E-state index contributed by atoms with van der Waals surface area (Å²) >= 11 is 0. The third-order valence-corrected chi connectivity index (χ3v) is 3.13. The molecule has 0 saturated carbocycles. The van der Waals surface area contributed by atoms with Crippen molar-refractivity contribution in [3.05, 3.63) is 36.0 Å². The van der Waals surface area contributed by atoms with E-state index in [0.717, 1.165) is 11.9 Å². The minimum atomic E-state index is -1.04. The fourth-order valence-electron chi connectivity index (χ4n) is 2.17. The number of carboxylic acid groups (broad SMARTS) is 1. The van der Waals surface area contributed by atoms with Gasteiger partial charge >= 0.3 is 5.97 Å². The summed E-state index contributed by atoms with van der Waals surface area (Å²) in [5.74, 6) is -0.652. The van der Waals surface area contributed by atoms with Crippen molar-refractivity contribution in [2.24, 2.45) is 0 Å². The first kappa shape index (κ1) is 11.9. The van der Waals surface area contributed by atoms with Gasteiger partial charge in [-0.3, -0.25) is 4.98 Å². The van der Waals surface area contributed by atoms with Crippen molar-refractivity contribution in [3.63, 3.8) is 0 Å². The van der Waals surface area contributed by atoms with Crippen LogP contribution in [0.25, 0.3) is 10.9 Å². The van der Waals surface area contributed by atoms with E-state index in [4.69, 9.17) is 9.47 Å². The van der Waals surface area contributed by atoms with E-state index in [0.29, 0.717) is 24.3 Å². The zero-order valence-electron chi connectivity index (χ0n) is 10.2. The highest BCUT2D eigenvalue weighted by Crippen LogP contribution is 2.30. The highest BCUT2D eigenvalue weighted by atomic mass is 16.5. The van der Waals surface area contributed by atoms with Gasteiger partial charge in [-0.15, -0.1) is 0 Å². The summed E-state index contributed by atoms with van der Waals surface area (Å²) < 4.78 is 11.1. The Labute approximate surface area is 109 Å². The first-order valence-corrected chi connectivity index (χ1v) is 6.11. The molecule has 19 heavy (non-hydrogen) atoms. The van der Waals surface area contributed by atoms with E-state index < -0.39 is 5.97 Å². The van der Waals surface area contributed by atoms with E-state index in [1.165, 1.54) is 6.20 Å². The molecule has 0 spiro atoms. The topological polar surface area (TPSA) is 68.7 Å². The number of para-hydroxylation sites is 1. The Morgan fingerprint density at radius 1 is 1.42 bits per heavy atom. The molecule has 1 aliphatic heterocycles. The first-order valence-electron chi connectivity index (χ1n) is 6.11. The molecule has 1 fully saturated rings. The summed E-state index contributed by atoms with van der Waals surface area (Å²) in [7, 11) is 0. The lowest BCUT2D eigenvalue weighted by Gasteiger charge is -2.15. The Morgan fingerprint density at radius 3 is 3.00 bits per heavy atom. The molecule has 0 aliphatic carbocycles. The number of rotatable bonds is 3. The van der Waals surface area contributed by atoms with Crippen molar-refractivity contribution in [3.8, 4) is 5.75 Å². The molecule has 2 heterocycles. The van der Waals surface area contributed by atoms with E-state index in [1.54, 1.807) is 0 Å². The largest absolute Gasteiger partial charge is 0.486 e. The Kier molecular flexibility index (Phi) is 3.05. The first-order chi connectivity index (χ1) is 9.25. The normalized spacial score (nSPS) is 18.6. The van der Waals surface area contributed by atoms with E-state index >= 15 is 0 Å². The van der Waals surface area contributed by atoms with Crippen LogP contribution in [0.1, 0.15) is 16.8 Å². The highest BCUT2D eigenvalue weighted by molar-refractivity contribution is 5.98. The van der Waals surface area contributed by atoms with Gasteiger partial charge in [0.15, 0.2) is 0 Å². The van der Waals surface area contributed by atoms with Gasteiger partial charge in [-0.2, -0.15) is 0 Å². The molecule has 1 aliphatic rings. The lowest BCUT2D eigenvalue weighted by Crippen LogP contribution is -2.18. The van der Waals surface area contributed by atoms with Gasteiger partial charge in [0.25, 0.3) is 0 Å². The Balaban J connectivity index is 2.10. The lowest BCUT2D eigenvalue weighted by molar-refractivity contribution is 0.0687. The van der Waals surface area contributed by atoms with Crippen LogP contribution >= 0.6 is 0 Å². The number of carbonyl (C=O) groups is 1. The summed E-state index contributed by atoms with van der Waals surface area (Å²) in [5, 5.41) is 9.96. The molecule has 1 N–H and O–H groups in total. The minimum absolute atomic E-state index is 0.0885. The molecular weight excluding hydrogens is 246 g/mol. The molecular formula is C14H13NO4. The fraction of sp³-hybridized carbons (Fsp3) is 0.286. The molecule has 1 saturated heterocycles. The zero-order valence-corrected chi connectivity index (χ0v) is 10.2. The second-order valence-corrected chi connectivity index (χ2v) is 4.43. The number of pyridine rings is 1. The smallest absolute Gasteiger partial charge is 0.341 e. The van der Waals surface area contributed by atoms with Crippen LogP contribution in [-0.2, 0) is 4.74 Å².